The first-order valence-corrected chi connectivity index (χ1v) is 8.01. The van der Waals surface area contributed by atoms with Crippen molar-refractivity contribution in [2.24, 2.45) is 0 Å². The van der Waals surface area contributed by atoms with Crippen molar-refractivity contribution in [1.29, 1.82) is 0 Å². The predicted molar refractivity (Wildman–Crippen MR) is 91.9 cm³/mol. The van der Waals surface area contributed by atoms with E-state index in [0.29, 0.717) is 10.0 Å². The van der Waals surface area contributed by atoms with Gasteiger partial charge in [0.2, 0.25) is 0 Å². The molecular formula is C17H18Cl2N2. The van der Waals surface area contributed by atoms with E-state index < -0.39 is 0 Å². The molecule has 0 atom stereocenters. The topological polar surface area (TPSA) is 15.3 Å². The molecule has 0 aromatic heterocycles. The fourth-order valence-corrected chi connectivity index (χ4v) is 3.36. The van der Waals surface area contributed by atoms with E-state index in [4.69, 9.17) is 23.2 Å². The summed E-state index contributed by atoms with van der Waals surface area (Å²) in [4.78, 5) is 2.44. The van der Waals surface area contributed by atoms with Gasteiger partial charge in [0.05, 0.1) is 0 Å². The molecule has 1 N–H and O–H groups in total. The first-order valence-electron chi connectivity index (χ1n) is 7.25. The normalized spacial score (nSPS) is 13.9. The van der Waals surface area contributed by atoms with Crippen molar-refractivity contribution >= 4 is 34.6 Å². The van der Waals surface area contributed by atoms with Gasteiger partial charge in [-0.1, -0.05) is 41.4 Å². The minimum atomic E-state index is 0.660. The highest BCUT2D eigenvalue weighted by molar-refractivity contribution is 6.35. The van der Waals surface area contributed by atoms with E-state index in [1.165, 1.54) is 24.1 Å². The predicted octanol–water partition coefficient (Wildman–Crippen LogP) is 4.86. The van der Waals surface area contributed by atoms with Crippen LogP contribution in [0.3, 0.4) is 0 Å². The molecule has 0 unspecified atom stereocenters. The van der Waals surface area contributed by atoms with Crippen molar-refractivity contribution in [2.75, 3.05) is 29.9 Å². The summed E-state index contributed by atoms with van der Waals surface area (Å²) in [5.74, 6) is 0. The summed E-state index contributed by atoms with van der Waals surface area (Å²) in [6, 6.07) is 14.2. The highest BCUT2D eigenvalue weighted by atomic mass is 35.5. The Morgan fingerprint density at radius 1 is 1.05 bits per heavy atom. The van der Waals surface area contributed by atoms with Crippen LogP contribution in [0.15, 0.2) is 42.5 Å². The summed E-state index contributed by atoms with van der Waals surface area (Å²) in [6.07, 6.45) is 2.41. The molecule has 110 valence electrons. The van der Waals surface area contributed by atoms with Crippen LogP contribution in [-0.4, -0.2) is 19.6 Å². The lowest BCUT2D eigenvalue weighted by atomic mass is 10.0. The molecule has 0 aliphatic carbocycles. The van der Waals surface area contributed by atoms with Gasteiger partial charge in [0, 0.05) is 41.1 Å². The molecule has 2 aromatic rings. The highest BCUT2D eigenvalue weighted by Crippen LogP contribution is 2.26. The molecule has 21 heavy (non-hydrogen) atoms. The van der Waals surface area contributed by atoms with Gasteiger partial charge in [-0.25, -0.2) is 0 Å². The molecule has 0 spiro atoms. The second-order valence-electron chi connectivity index (χ2n) is 5.30. The second-order valence-corrected chi connectivity index (χ2v) is 6.18. The van der Waals surface area contributed by atoms with Gasteiger partial charge in [0.1, 0.15) is 0 Å². The number of nitrogens with zero attached hydrogens (tertiary/aromatic N) is 1. The minimum Gasteiger partial charge on any atom is -0.383 e. The van der Waals surface area contributed by atoms with Crippen LogP contribution in [0, 0.1) is 0 Å². The third-order valence-corrected chi connectivity index (χ3v) is 4.22. The summed E-state index contributed by atoms with van der Waals surface area (Å²) < 4.78 is 0. The molecule has 2 nitrogen and oxygen atoms in total. The maximum absolute atomic E-state index is 6.01. The quantitative estimate of drug-likeness (QED) is 0.865. The van der Waals surface area contributed by atoms with Gasteiger partial charge in [-0.05, 0) is 42.7 Å². The fraction of sp³-hybridized carbons (Fsp3) is 0.294. The number of hydrogen-bond acceptors (Lipinski definition) is 2. The average Bonchev–Trinajstić information content (AvgIpc) is 2.46. The van der Waals surface area contributed by atoms with E-state index in [1.807, 2.05) is 12.1 Å². The molecule has 1 aliphatic heterocycles. The zero-order valence-corrected chi connectivity index (χ0v) is 13.3. The monoisotopic (exact) mass is 320 g/mol. The zero-order chi connectivity index (χ0) is 14.7. The molecule has 1 aliphatic rings. The first kappa shape index (κ1) is 14.6. The number of nitrogens with one attached hydrogen (secondary N) is 1. The van der Waals surface area contributed by atoms with E-state index in [-0.39, 0.29) is 0 Å². The van der Waals surface area contributed by atoms with E-state index >= 15 is 0 Å². The number of para-hydroxylation sites is 1. The van der Waals surface area contributed by atoms with Crippen LogP contribution in [0.4, 0.5) is 11.4 Å². The van der Waals surface area contributed by atoms with Crippen LogP contribution >= 0.6 is 23.2 Å². The van der Waals surface area contributed by atoms with Crippen LogP contribution in [0.1, 0.15) is 12.0 Å². The van der Waals surface area contributed by atoms with E-state index in [2.05, 4.69) is 34.5 Å². The van der Waals surface area contributed by atoms with Crippen molar-refractivity contribution in [1.82, 2.24) is 0 Å². The van der Waals surface area contributed by atoms with Crippen molar-refractivity contribution in [2.45, 2.75) is 12.8 Å². The lowest BCUT2D eigenvalue weighted by molar-refractivity contribution is 0.698. The Kier molecular flexibility index (Phi) is 4.57. The summed E-state index contributed by atoms with van der Waals surface area (Å²) >= 11 is 12.0. The van der Waals surface area contributed by atoms with Gasteiger partial charge in [-0.15, -0.1) is 0 Å². The Morgan fingerprint density at radius 3 is 2.62 bits per heavy atom. The van der Waals surface area contributed by atoms with Crippen molar-refractivity contribution in [3.8, 4) is 0 Å². The molecule has 1 heterocycles. The van der Waals surface area contributed by atoms with E-state index in [1.54, 1.807) is 6.07 Å². The summed E-state index contributed by atoms with van der Waals surface area (Å²) in [5.41, 5.74) is 3.79. The fourth-order valence-electron chi connectivity index (χ4n) is 2.83. The average molecular weight is 321 g/mol. The summed E-state index contributed by atoms with van der Waals surface area (Å²) in [7, 11) is 0. The van der Waals surface area contributed by atoms with Crippen LogP contribution < -0.4 is 10.2 Å². The Hall–Kier alpha value is -1.38. The number of halogens is 2. The molecule has 0 fully saturated rings. The Bertz CT molecular complexity index is 608. The summed E-state index contributed by atoms with van der Waals surface area (Å²) in [5, 5.41) is 4.71. The molecule has 3 rings (SSSR count). The van der Waals surface area contributed by atoms with Crippen LogP contribution in [0.25, 0.3) is 0 Å². The maximum atomic E-state index is 6.01. The Morgan fingerprint density at radius 2 is 1.81 bits per heavy atom. The third-order valence-electron chi connectivity index (χ3n) is 3.78. The minimum absolute atomic E-state index is 0.660. The van der Waals surface area contributed by atoms with E-state index in [0.717, 1.165) is 25.3 Å². The first-order chi connectivity index (χ1) is 10.2. The lowest BCUT2D eigenvalue weighted by Crippen LogP contribution is -2.33. The van der Waals surface area contributed by atoms with Crippen LogP contribution in [0.2, 0.25) is 10.0 Å². The van der Waals surface area contributed by atoms with Gasteiger partial charge in [0.25, 0.3) is 0 Å². The molecule has 0 amide bonds. The van der Waals surface area contributed by atoms with Gasteiger partial charge in [-0.2, -0.15) is 0 Å². The van der Waals surface area contributed by atoms with Gasteiger partial charge in [0.15, 0.2) is 0 Å². The maximum Gasteiger partial charge on any atom is 0.0441 e. The third kappa shape index (κ3) is 3.63. The summed E-state index contributed by atoms with van der Waals surface area (Å²) in [6.45, 7) is 2.96. The van der Waals surface area contributed by atoms with Crippen LogP contribution in [-0.2, 0) is 6.42 Å². The molecule has 4 heteroatoms. The van der Waals surface area contributed by atoms with Gasteiger partial charge in [-0.3, -0.25) is 0 Å². The van der Waals surface area contributed by atoms with Crippen molar-refractivity contribution in [3.63, 3.8) is 0 Å². The lowest BCUT2D eigenvalue weighted by Gasteiger charge is -2.31. The number of fused-ring (bicyclic) bond motifs is 1. The second kappa shape index (κ2) is 6.59. The molecule has 0 bridgehead atoms. The molecule has 0 radical (unpaired) electrons. The smallest absolute Gasteiger partial charge is 0.0441 e. The number of rotatable bonds is 4. The Labute approximate surface area is 135 Å². The standard InChI is InChI=1S/C17H18Cl2N2/c18-14-10-15(19)12-16(11-14)20-7-9-21-8-3-5-13-4-1-2-6-17(13)21/h1-2,4,6,10-12,20H,3,5,7-9H2. The van der Waals surface area contributed by atoms with E-state index in [9.17, 15) is 0 Å². The number of benzene rings is 2. The Balaban J connectivity index is 1.61. The van der Waals surface area contributed by atoms with Crippen molar-refractivity contribution in [3.05, 3.63) is 58.1 Å². The zero-order valence-electron chi connectivity index (χ0n) is 11.8. The van der Waals surface area contributed by atoms with Crippen LogP contribution in [0.5, 0.6) is 0 Å². The molecular weight excluding hydrogens is 303 g/mol. The van der Waals surface area contributed by atoms with Gasteiger partial charge >= 0.3 is 0 Å². The molecule has 2 aromatic carbocycles. The molecule has 0 saturated heterocycles. The highest BCUT2D eigenvalue weighted by Gasteiger charge is 2.15. The largest absolute Gasteiger partial charge is 0.383 e. The number of anilines is 2. The van der Waals surface area contributed by atoms with Crippen molar-refractivity contribution < 1.29 is 0 Å². The number of hydrogen-bond donors (Lipinski definition) is 1. The van der Waals surface area contributed by atoms with Gasteiger partial charge < -0.3 is 10.2 Å². The SMILES string of the molecule is Clc1cc(Cl)cc(NCCN2CCCc3ccccc32)c1. The molecule has 0 saturated carbocycles. The number of aryl methyl sites for hydroxylation is 1.